The second-order valence-corrected chi connectivity index (χ2v) is 23.8. The van der Waals surface area contributed by atoms with Gasteiger partial charge >= 0.3 is 291 Å². The second kappa shape index (κ2) is 14.2. The van der Waals surface area contributed by atoms with Crippen LogP contribution in [0.2, 0.25) is 0 Å². The predicted octanol–water partition coefficient (Wildman–Crippen LogP) is 5.70. The average molecular weight is 761 g/mol. The SMILES string of the molecule is C/[C](c1ccc(C)cc1)=[Zr+2](\[C]1=CC(C2(C)CCCCC2)=CC1C)[c]1c(C)c(C(C)(C)C)cc2c1Cc1cc(C)c(C(C)(C)C)cc1-2.[Cl-].[Cl-]. The third kappa shape index (κ3) is 7.14. The van der Waals surface area contributed by atoms with Gasteiger partial charge in [-0.15, -0.1) is 0 Å². The Hall–Kier alpha value is -1.53. The number of hydrogen-bond donors (Lipinski definition) is 0. The number of hydrogen-bond acceptors (Lipinski definition) is 0. The summed E-state index contributed by atoms with van der Waals surface area (Å²) in [6, 6.07) is 17.2. The molecule has 48 heavy (non-hydrogen) atoms. The fourth-order valence-electron chi connectivity index (χ4n) is 9.04. The van der Waals surface area contributed by atoms with Gasteiger partial charge in [0.15, 0.2) is 0 Å². The molecular weight excluding hydrogens is 703 g/mol. The largest absolute Gasteiger partial charge is 1.00 e. The van der Waals surface area contributed by atoms with Crippen LogP contribution in [0.15, 0.2) is 63.5 Å². The van der Waals surface area contributed by atoms with E-state index in [0.717, 1.165) is 6.42 Å². The molecule has 0 amide bonds. The maximum atomic E-state index is 2.77. The Kier molecular flexibility index (Phi) is 11.6. The van der Waals surface area contributed by atoms with Crippen molar-refractivity contribution in [1.29, 1.82) is 0 Å². The molecule has 0 radical (unpaired) electrons. The first-order valence-electron chi connectivity index (χ1n) is 18.0. The smallest absolute Gasteiger partial charge is 1.00 e. The molecule has 3 aliphatic rings. The fourth-order valence-corrected chi connectivity index (χ4v) is 17.5. The van der Waals surface area contributed by atoms with E-state index in [1.54, 1.807) is 32.0 Å². The molecule has 0 heterocycles. The monoisotopic (exact) mass is 758 g/mol. The number of rotatable bonds is 4. The van der Waals surface area contributed by atoms with Crippen LogP contribution < -0.4 is 28.1 Å². The van der Waals surface area contributed by atoms with Crippen molar-refractivity contribution in [3.63, 3.8) is 0 Å². The van der Waals surface area contributed by atoms with Crippen molar-refractivity contribution in [2.24, 2.45) is 11.3 Å². The summed E-state index contributed by atoms with van der Waals surface area (Å²) in [5.74, 6) is 0.510. The molecule has 3 aliphatic carbocycles. The Bertz CT molecular complexity index is 1800. The van der Waals surface area contributed by atoms with E-state index < -0.39 is 21.3 Å². The molecule has 0 saturated heterocycles. The van der Waals surface area contributed by atoms with E-state index in [1.807, 2.05) is 0 Å². The van der Waals surface area contributed by atoms with E-state index in [2.05, 4.69) is 138 Å². The summed E-state index contributed by atoms with van der Waals surface area (Å²) in [6.45, 7) is 29.0. The van der Waals surface area contributed by atoms with Crippen LogP contribution in [0, 0.1) is 32.1 Å². The molecule has 0 spiro atoms. The van der Waals surface area contributed by atoms with Crippen molar-refractivity contribution < 1.29 is 46.1 Å². The summed E-state index contributed by atoms with van der Waals surface area (Å²) < 4.78 is 5.25. The van der Waals surface area contributed by atoms with Gasteiger partial charge in [-0.05, 0) is 0 Å². The van der Waals surface area contributed by atoms with Gasteiger partial charge in [-0.1, -0.05) is 0 Å². The van der Waals surface area contributed by atoms with Gasteiger partial charge in [0, 0.05) is 0 Å². The molecule has 3 aromatic rings. The summed E-state index contributed by atoms with van der Waals surface area (Å²) in [5.41, 5.74) is 17.3. The third-order valence-corrected chi connectivity index (χ3v) is 20.0. The van der Waals surface area contributed by atoms with E-state index in [-0.39, 0.29) is 35.6 Å². The number of halogens is 2. The Labute approximate surface area is 313 Å². The van der Waals surface area contributed by atoms with Crippen molar-refractivity contribution in [3.8, 4) is 11.1 Å². The molecular formula is C45H58Cl2Zr. The first-order valence-corrected chi connectivity index (χ1v) is 21.7. The molecule has 0 aromatic heterocycles. The maximum Gasteiger partial charge on any atom is -1.00 e. The van der Waals surface area contributed by atoms with Crippen molar-refractivity contribution in [3.05, 3.63) is 108 Å². The van der Waals surface area contributed by atoms with Gasteiger partial charge in [0.1, 0.15) is 0 Å². The van der Waals surface area contributed by atoms with Crippen LogP contribution in [0.5, 0.6) is 0 Å². The Morgan fingerprint density at radius 3 is 1.96 bits per heavy atom. The van der Waals surface area contributed by atoms with Crippen LogP contribution in [-0.2, 0) is 38.5 Å². The van der Waals surface area contributed by atoms with E-state index in [9.17, 15) is 0 Å². The normalized spacial score (nSPS) is 18.6. The van der Waals surface area contributed by atoms with Crippen molar-refractivity contribution >= 4 is 6.48 Å². The minimum Gasteiger partial charge on any atom is -1.00 e. The fraction of sp³-hybridized carbons (Fsp3) is 0.489. The van der Waals surface area contributed by atoms with E-state index in [1.165, 1.54) is 71.0 Å². The molecule has 3 heteroatoms. The Morgan fingerprint density at radius 1 is 0.792 bits per heavy atom. The van der Waals surface area contributed by atoms with Crippen LogP contribution in [-0.4, -0.2) is 3.21 Å². The zero-order chi connectivity index (χ0) is 33.3. The van der Waals surface area contributed by atoms with Gasteiger partial charge in [-0.25, -0.2) is 0 Å². The third-order valence-electron chi connectivity index (χ3n) is 11.7. The predicted molar refractivity (Wildman–Crippen MR) is 199 cm³/mol. The molecule has 256 valence electrons. The van der Waals surface area contributed by atoms with Crippen LogP contribution in [0.3, 0.4) is 0 Å². The van der Waals surface area contributed by atoms with Crippen molar-refractivity contribution in [2.75, 3.05) is 0 Å². The molecule has 6 rings (SSSR count). The van der Waals surface area contributed by atoms with Crippen molar-refractivity contribution in [2.45, 2.75) is 132 Å². The van der Waals surface area contributed by atoms with Crippen molar-refractivity contribution in [1.82, 2.24) is 0 Å². The summed E-state index contributed by atoms with van der Waals surface area (Å²) in [7, 11) is 0. The number of allylic oxidation sites excluding steroid dienone is 4. The molecule has 1 saturated carbocycles. The summed E-state index contributed by atoms with van der Waals surface area (Å²) in [4.78, 5) is 0. The number of benzene rings is 3. The second-order valence-electron chi connectivity index (χ2n) is 17.4. The molecule has 0 nitrogen and oxygen atoms in total. The summed E-state index contributed by atoms with van der Waals surface area (Å²) in [5, 5.41) is 0. The molecule has 0 aliphatic heterocycles. The molecule has 1 atom stereocenters. The maximum absolute atomic E-state index is 2.77. The molecule has 0 bridgehead atoms. The van der Waals surface area contributed by atoms with Crippen LogP contribution in [0.1, 0.15) is 139 Å². The van der Waals surface area contributed by atoms with E-state index in [0.29, 0.717) is 11.3 Å². The van der Waals surface area contributed by atoms with Crippen LogP contribution >= 0.6 is 0 Å². The summed E-state index contributed by atoms with van der Waals surface area (Å²) in [6.07, 6.45) is 13.4. The minimum atomic E-state index is -2.66. The van der Waals surface area contributed by atoms with Gasteiger partial charge in [-0.3, -0.25) is 0 Å². The van der Waals surface area contributed by atoms with E-state index in [4.69, 9.17) is 0 Å². The van der Waals surface area contributed by atoms with Gasteiger partial charge in [-0.2, -0.15) is 0 Å². The van der Waals surface area contributed by atoms with Crippen LogP contribution in [0.25, 0.3) is 11.1 Å². The zero-order valence-electron chi connectivity index (χ0n) is 31.8. The van der Waals surface area contributed by atoms with Gasteiger partial charge in [0.05, 0.1) is 0 Å². The van der Waals surface area contributed by atoms with E-state index >= 15 is 0 Å². The summed E-state index contributed by atoms with van der Waals surface area (Å²) >= 11 is -2.66. The van der Waals surface area contributed by atoms with Crippen LogP contribution in [0.4, 0.5) is 0 Å². The molecule has 1 fully saturated rings. The quantitative estimate of drug-likeness (QED) is 0.251. The molecule has 0 N–H and O–H groups in total. The molecule has 3 aromatic carbocycles. The average Bonchev–Trinajstić information content (AvgIpc) is 3.53. The molecule has 1 unspecified atom stereocenters. The number of aryl methyl sites for hydroxylation is 2. The van der Waals surface area contributed by atoms with Gasteiger partial charge < -0.3 is 24.8 Å². The zero-order valence-corrected chi connectivity index (χ0v) is 35.7. The number of fused-ring (bicyclic) bond motifs is 3. The Balaban J connectivity index is 0.00000260. The first-order chi connectivity index (χ1) is 21.5. The topological polar surface area (TPSA) is 0 Å². The first kappa shape index (κ1) is 39.3. The van der Waals surface area contributed by atoms with Gasteiger partial charge in [0.2, 0.25) is 0 Å². The minimum absolute atomic E-state index is 0. The Morgan fingerprint density at radius 2 is 1.38 bits per heavy atom. The standard InChI is InChI=1S/C23H29.C13H19.C9H10.2ClH.Zr/c1-14-9-16-11-17-10-15(2)21(23(6,7)8)13-19(17)18(16)12-20(14)22(3,4)5;1-11-6-7-12(10-11)13(2)8-4-3-5-9-13;1-3-9-6-4-8(2)5-7-9;;;/h9,12-13H,11H2,1-8H3;7,10-11H,3-5,8-9H2,1-2H3;4-7H,1-2H3;2*1H;/q;;;;;+2/p-2. The van der Waals surface area contributed by atoms with Gasteiger partial charge in [0.25, 0.3) is 0 Å².